The number of aryl methyl sites for hydroxylation is 2. The Hall–Kier alpha value is -4.14. The van der Waals surface area contributed by atoms with Crippen LogP contribution in [0.3, 0.4) is 0 Å². The van der Waals surface area contributed by atoms with Crippen molar-refractivity contribution in [3.05, 3.63) is 84.1 Å². The van der Waals surface area contributed by atoms with E-state index in [2.05, 4.69) is 18.4 Å². The molecule has 1 atom stereocenters. The number of hydrogen-bond donors (Lipinski definition) is 2. The Morgan fingerprint density at radius 3 is 2.48 bits per heavy atom. The van der Waals surface area contributed by atoms with Crippen molar-refractivity contribution in [2.24, 2.45) is 0 Å². The largest absolute Gasteiger partial charge is 0.507 e. The van der Waals surface area contributed by atoms with Crippen LogP contribution in [0.4, 0.5) is 5.82 Å². The highest BCUT2D eigenvalue weighted by molar-refractivity contribution is 5.80. The molecule has 5 rings (SSSR count). The standard InChI is InChI=1S/C36H43N3O5/c1-8-18-43-36(7)14-16-38(17-15-36)33-31(32(34(41)42)44-35(4,5)6)24(3)20-30-37-28(22-39(30)33)26-11-9-10-25(21-26)27-19-23(2)12-13-29(27)40/h8-13,19-22,32,40H,1,14-18H2,2-7H3,(H,41,42). The molecular formula is C36H43N3O5. The monoisotopic (exact) mass is 597 g/mol. The number of piperidine rings is 1. The van der Waals surface area contributed by atoms with Crippen molar-refractivity contribution in [1.29, 1.82) is 0 Å². The van der Waals surface area contributed by atoms with E-state index in [9.17, 15) is 15.0 Å². The first-order valence-corrected chi connectivity index (χ1v) is 15.1. The Balaban J connectivity index is 1.65. The number of fused-ring (bicyclic) bond motifs is 1. The van der Waals surface area contributed by atoms with Gasteiger partial charge in [-0.15, -0.1) is 6.58 Å². The van der Waals surface area contributed by atoms with Gasteiger partial charge in [0.05, 0.1) is 23.5 Å². The van der Waals surface area contributed by atoms with Gasteiger partial charge in [0.1, 0.15) is 17.2 Å². The van der Waals surface area contributed by atoms with Crippen molar-refractivity contribution >= 4 is 17.4 Å². The molecule has 1 unspecified atom stereocenters. The summed E-state index contributed by atoms with van der Waals surface area (Å²) < 4.78 is 14.3. The first kappa shape index (κ1) is 31.3. The van der Waals surface area contributed by atoms with E-state index in [1.165, 1.54) is 0 Å². The van der Waals surface area contributed by atoms with Gasteiger partial charge in [-0.1, -0.05) is 35.9 Å². The fourth-order valence-corrected chi connectivity index (χ4v) is 5.94. The van der Waals surface area contributed by atoms with Crippen LogP contribution in [0.1, 0.15) is 63.3 Å². The van der Waals surface area contributed by atoms with Crippen LogP contribution < -0.4 is 4.90 Å². The summed E-state index contributed by atoms with van der Waals surface area (Å²) in [6, 6.07) is 15.5. The number of anilines is 1. The molecule has 0 aliphatic carbocycles. The number of ether oxygens (including phenoxy) is 2. The van der Waals surface area contributed by atoms with E-state index in [0.717, 1.165) is 57.8 Å². The lowest BCUT2D eigenvalue weighted by Gasteiger charge is -2.41. The lowest BCUT2D eigenvalue weighted by molar-refractivity contribution is -0.160. The highest BCUT2D eigenvalue weighted by atomic mass is 16.5. The van der Waals surface area contributed by atoms with Crippen LogP contribution in [-0.2, 0) is 14.3 Å². The maximum atomic E-state index is 12.8. The van der Waals surface area contributed by atoms with Crippen molar-refractivity contribution in [2.75, 3.05) is 24.6 Å². The molecule has 0 spiro atoms. The van der Waals surface area contributed by atoms with Crippen molar-refractivity contribution in [2.45, 2.75) is 71.7 Å². The third-order valence-corrected chi connectivity index (χ3v) is 8.22. The normalized spacial score (nSPS) is 15.8. The average molecular weight is 598 g/mol. The van der Waals surface area contributed by atoms with E-state index in [4.69, 9.17) is 14.5 Å². The molecule has 3 heterocycles. The first-order chi connectivity index (χ1) is 20.8. The molecule has 8 nitrogen and oxygen atoms in total. The molecule has 1 saturated heterocycles. The number of aliphatic carboxylic acids is 1. The van der Waals surface area contributed by atoms with Gasteiger partial charge in [0.25, 0.3) is 0 Å². The summed E-state index contributed by atoms with van der Waals surface area (Å²) in [4.78, 5) is 20.0. The Kier molecular flexibility index (Phi) is 8.60. The van der Waals surface area contributed by atoms with Gasteiger partial charge in [0.15, 0.2) is 6.10 Å². The van der Waals surface area contributed by atoms with Crippen molar-refractivity contribution in [3.8, 4) is 28.1 Å². The summed E-state index contributed by atoms with van der Waals surface area (Å²) in [5, 5.41) is 21.0. The minimum Gasteiger partial charge on any atom is -0.507 e. The number of hydrogen-bond acceptors (Lipinski definition) is 6. The summed E-state index contributed by atoms with van der Waals surface area (Å²) in [7, 11) is 0. The fourth-order valence-electron chi connectivity index (χ4n) is 5.94. The van der Waals surface area contributed by atoms with Crippen LogP contribution >= 0.6 is 0 Å². The molecule has 2 N–H and O–H groups in total. The number of nitrogens with zero attached hydrogens (tertiary/aromatic N) is 3. The van der Waals surface area contributed by atoms with E-state index < -0.39 is 17.7 Å². The van der Waals surface area contributed by atoms with E-state index in [1.54, 1.807) is 12.1 Å². The number of aromatic nitrogens is 2. The quantitative estimate of drug-likeness (QED) is 0.193. The number of benzene rings is 2. The zero-order valence-corrected chi connectivity index (χ0v) is 26.6. The van der Waals surface area contributed by atoms with Crippen molar-refractivity contribution in [3.63, 3.8) is 0 Å². The third-order valence-electron chi connectivity index (χ3n) is 8.22. The SMILES string of the molecule is C=CCOC1(C)CCN(c2c(C(OC(C)(C)C)C(=O)O)c(C)cc3nc(-c4cccc(-c5cc(C)ccc5O)c4)cn23)CC1. The van der Waals surface area contributed by atoms with Crippen LogP contribution in [0, 0.1) is 13.8 Å². The summed E-state index contributed by atoms with van der Waals surface area (Å²) >= 11 is 0. The molecule has 8 heteroatoms. The molecule has 2 aromatic carbocycles. The molecular weight excluding hydrogens is 554 g/mol. The van der Waals surface area contributed by atoms with Gasteiger partial charge in [-0.25, -0.2) is 9.78 Å². The summed E-state index contributed by atoms with van der Waals surface area (Å²) in [5.74, 6) is -0.0440. The van der Waals surface area contributed by atoms with Crippen LogP contribution in [0.15, 0.2) is 67.4 Å². The zero-order chi connectivity index (χ0) is 31.8. The second-order valence-corrected chi connectivity index (χ2v) is 13.0. The number of imidazole rings is 1. The minimum atomic E-state index is -1.17. The number of carboxylic acid groups (broad SMARTS) is 1. The second kappa shape index (κ2) is 12.1. The number of carbonyl (C=O) groups is 1. The van der Waals surface area contributed by atoms with Gasteiger partial charge in [0.2, 0.25) is 0 Å². The van der Waals surface area contributed by atoms with E-state index >= 15 is 0 Å². The Morgan fingerprint density at radius 2 is 1.82 bits per heavy atom. The van der Waals surface area contributed by atoms with E-state index in [1.807, 2.05) is 87.7 Å². The molecule has 0 radical (unpaired) electrons. The number of phenols is 1. The number of rotatable bonds is 9. The minimum absolute atomic E-state index is 0.220. The average Bonchev–Trinajstić information content (AvgIpc) is 3.39. The number of aromatic hydroxyl groups is 1. The predicted molar refractivity (Wildman–Crippen MR) is 174 cm³/mol. The highest BCUT2D eigenvalue weighted by Gasteiger charge is 2.37. The van der Waals surface area contributed by atoms with Crippen LogP contribution in [-0.4, -0.2) is 56.5 Å². The predicted octanol–water partition coefficient (Wildman–Crippen LogP) is 7.49. The van der Waals surface area contributed by atoms with E-state index in [-0.39, 0.29) is 11.4 Å². The summed E-state index contributed by atoms with van der Waals surface area (Å²) in [6.07, 6.45) is 4.12. The molecule has 0 saturated carbocycles. The molecule has 1 aliphatic rings. The lowest BCUT2D eigenvalue weighted by Crippen LogP contribution is -2.45. The van der Waals surface area contributed by atoms with Crippen molar-refractivity contribution in [1.82, 2.24) is 9.38 Å². The maximum Gasteiger partial charge on any atom is 0.337 e. The van der Waals surface area contributed by atoms with Crippen LogP contribution in [0.2, 0.25) is 0 Å². The van der Waals surface area contributed by atoms with Gasteiger partial charge in [-0.2, -0.15) is 0 Å². The van der Waals surface area contributed by atoms with Crippen LogP contribution in [0.5, 0.6) is 5.75 Å². The summed E-state index contributed by atoms with van der Waals surface area (Å²) in [5.41, 5.74) is 5.52. The van der Waals surface area contributed by atoms with Gasteiger partial charge < -0.3 is 24.6 Å². The highest BCUT2D eigenvalue weighted by Crippen LogP contribution is 2.40. The lowest BCUT2D eigenvalue weighted by atomic mass is 9.92. The molecule has 4 aromatic rings. The Labute approximate surface area is 259 Å². The third kappa shape index (κ3) is 6.51. The fraction of sp³-hybridized carbons (Fsp3) is 0.389. The molecule has 44 heavy (non-hydrogen) atoms. The molecule has 1 fully saturated rings. The van der Waals surface area contributed by atoms with Gasteiger partial charge in [-0.05, 0) is 89.8 Å². The topological polar surface area (TPSA) is 96.5 Å². The maximum absolute atomic E-state index is 12.8. The first-order valence-electron chi connectivity index (χ1n) is 15.1. The van der Waals surface area contributed by atoms with Crippen molar-refractivity contribution < 1.29 is 24.5 Å². The van der Waals surface area contributed by atoms with Crippen LogP contribution in [0.25, 0.3) is 28.0 Å². The molecule has 1 aliphatic heterocycles. The Morgan fingerprint density at radius 1 is 1.11 bits per heavy atom. The number of phenolic OH excluding ortho intramolecular Hbond substituents is 1. The number of carboxylic acids is 1. The van der Waals surface area contributed by atoms with Gasteiger partial charge in [0, 0.05) is 36.0 Å². The van der Waals surface area contributed by atoms with E-state index in [0.29, 0.717) is 25.3 Å². The molecule has 0 bridgehead atoms. The molecule has 0 amide bonds. The Bertz CT molecular complexity index is 1690. The second-order valence-electron chi connectivity index (χ2n) is 13.0. The van der Waals surface area contributed by atoms with Gasteiger partial charge in [-0.3, -0.25) is 4.40 Å². The number of pyridine rings is 1. The summed E-state index contributed by atoms with van der Waals surface area (Å²) in [6.45, 7) is 17.3. The smallest absolute Gasteiger partial charge is 0.337 e. The molecule has 232 valence electrons. The van der Waals surface area contributed by atoms with Gasteiger partial charge >= 0.3 is 5.97 Å². The molecule has 2 aromatic heterocycles. The zero-order valence-electron chi connectivity index (χ0n) is 26.6.